The molecule has 26 heavy (non-hydrogen) atoms. The van der Waals surface area contributed by atoms with Gasteiger partial charge in [0.1, 0.15) is 0 Å². The Morgan fingerprint density at radius 2 is 1.73 bits per heavy atom. The van der Waals surface area contributed by atoms with Crippen LogP contribution >= 0.6 is 0 Å². The van der Waals surface area contributed by atoms with Gasteiger partial charge >= 0.3 is 0 Å². The van der Waals surface area contributed by atoms with Crippen molar-refractivity contribution in [1.29, 1.82) is 0 Å². The summed E-state index contributed by atoms with van der Waals surface area (Å²) in [4.78, 5) is 16.9. The van der Waals surface area contributed by atoms with Crippen molar-refractivity contribution < 1.29 is 14.3 Å². The fourth-order valence-electron chi connectivity index (χ4n) is 2.77. The van der Waals surface area contributed by atoms with Crippen molar-refractivity contribution in [1.82, 2.24) is 9.55 Å². The molecule has 0 aliphatic rings. The number of imidazole rings is 1. The van der Waals surface area contributed by atoms with Gasteiger partial charge in [0.15, 0.2) is 18.1 Å². The van der Waals surface area contributed by atoms with Crippen molar-refractivity contribution in [3.05, 3.63) is 48.5 Å². The molecule has 1 N–H and O–H groups in total. The van der Waals surface area contributed by atoms with Gasteiger partial charge in [0.05, 0.1) is 17.6 Å². The normalized spacial score (nSPS) is 10.7. The average molecular weight is 353 g/mol. The summed E-state index contributed by atoms with van der Waals surface area (Å²) in [6.07, 6.45) is 0.946. The number of rotatable bonds is 8. The molecule has 0 saturated carbocycles. The lowest BCUT2D eigenvalue weighted by Crippen LogP contribution is -2.22. The Kier molecular flexibility index (Phi) is 5.73. The molecule has 0 atom stereocenters. The second kappa shape index (κ2) is 8.38. The molecule has 1 heterocycles. The molecule has 136 valence electrons. The van der Waals surface area contributed by atoms with Crippen molar-refractivity contribution in [2.45, 2.75) is 26.8 Å². The number of anilines is 1. The topological polar surface area (TPSA) is 65.4 Å². The van der Waals surface area contributed by atoms with Crippen LogP contribution in [0.5, 0.6) is 11.5 Å². The predicted octanol–water partition coefficient (Wildman–Crippen LogP) is 3.86. The van der Waals surface area contributed by atoms with E-state index in [1.165, 1.54) is 0 Å². The van der Waals surface area contributed by atoms with Crippen molar-refractivity contribution in [2.75, 3.05) is 18.5 Å². The van der Waals surface area contributed by atoms with E-state index in [2.05, 4.69) is 17.2 Å². The summed E-state index contributed by atoms with van der Waals surface area (Å²) in [6.45, 7) is 5.20. The largest absolute Gasteiger partial charge is 0.490 e. The molecule has 0 saturated heterocycles. The minimum Gasteiger partial charge on any atom is -0.490 e. The minimum atomic E-state index is -0.260. The van der Waals surface area contributed by atoms with Gasteiger partial charge in [-0.1, -0.05) is 31.2 Å². The summed E-state index contributed by atoms with van der Waals surface area (Å²) in [6, 6.07) is 15.2. The highest BCUT2D eigenvalue weighted by Gasteiger charge is 2.13. The number of benzene rings is 2. The molecule has 2 aromatic carbocycles. The Morgan fingerprint density at radius 1 is 1.04 bits per heavy atom. The van der Waals surface area contributed by atoms with E-state index < -0.39 is 0 Å². The van der Waals surface area contributed by atoms with E-state index in [1.807, 2.05) is 54.0 Å². The van der Waals surface area contributed by atoms with Crippen LogP contribution in [0.15, 0.2) is 48.5 Å². The molecule has 3 rings (SSSR count). The Bertz CT molecular complexity index is 889. The first kappa shape index (κ1) is 17.8. The number of hydrogen-bond donors (Lipinski definition) is 1. The molecular formula is C20H23N3O3. The molecule has 0 unspecified atom stereocenters. The second-order valence-corrected chi connectivity index (χ2v) is 5.79. The molecule has 0 aliphatic carbocycles. The number of amides is 1. The van der Waals surface area contributed by atoms with E-state index in [9.17, 15) is 4.79 Å². The van der Waals surface area contributed by atoms with Gasteiger partial charge in [0.2, 0.25) is 5.95 Å². The number of hydrogen-bond acceptors (Lipinski definition) is 4. The Morgan fingerprint density at radius 3 is 2.46 bits per heavy atom. The van der Waals surface area contributed by atoms with Crippen LogP contribution in [-0.2, 0) is 11.3 Å². The Balaban J connectivity index is 1.71. The van der Waals surface area contributed by atoms with Crippen LogP contribution in [0.2, 0.25) is 0 Å². The maximum atomic E-state index is 12.4. The molecule has 0 radical (unpaired) electrons. The Labute approximate surface area is 152 Å². The first-order valence-electron chi connectivity index (χ1n) is 8.82. The van der Waals surface area contributed by atoms with Crippen LogP contribution < -0.4 is 14.8 Å². The van der Waals surface area contributed by atoms with Crippen LogP contribution in [0.3, 0.4) is 0 Å². The molecule has 6 heteroatoms. The summed E-state index contributed by atoms with van der Waals surface area (Å²) < 4.78 is 13.1. The third kappa shape index (κ3) is 3.96. The second-order valence-electron chi connectivity index (χ2n) is 5.79. The monoisotopic (exact) mass is 353 g/mol. The van der Waals surface area contributed by atoms with Crippen LogP contribution in [0.25, 0.3) is 11.0 Å². The molecule has 0 fully saturated rings. The zero-order valence-corrected chi connectivity index (χ0v) is 15.1. The number of carbonyl (C=O) groups excluding carboxylic acids is 1. The van der Waals surface area contributed by atoms with Gasteiger partial charge in [-0.05, 0) is 37.6 Å². The summed E-state index contributed by atoms with van der Waals surface area (Å²) >= 11 is 0. The third-order valence-electron chi connectivity index (χ3n) is 3.86. The van der Waals surface area contributed by atoms with Crippen molar-refractivity contribution in [2.24, 2.45) is 0 Å². The standard InChI is InChI=1S/C20H23N3O3/c1-3-13-23-16-10-6-5-9-15(16)21-20(23)22-19(24)14-26-18-12-8-7-11-17(18)25-4-2/h5-12H,3-4,13-14H2,1-2H3,(H,21,22,24). The average Bonchev–Trinajstić information content (AvgIpc) is 2.99. The van der Waals surface area contributed by atoms with E-state index in [0.29, 0.717) is 24.1 Å². The quantitative estimate of drug-likeness (QED) is 0.668. The highest BCUT2D eigenvalue weighted by atomic mass is 16.5. The van der Waals surface area contributed by atoms with Gasteiger partial charge in [0.25, 0.3) is 5.91 Å². The molecule has 1 aromatic heterocycles. The van der Waals surface area contributed by atoms with Crippen molar-refractivity contribution in [3.8, 4) is 11.5 Å². The maximum Gasteiger partial charge on any atom is 0.264 e. The number of ether oxygens (including phenoxy) is 2. The summed E-state index contributed by atoms with van der Waals surface area (Å²) in [5, 5.41) is 2.85. The van der Waals surface area contributed by atoms with E-state index in [1.54, 1.807) is 6.07 Å². The van der Waals surface area contributed by atoms with Crippen LogP contribution in [0.4, 0.5) is 5.95 Å². The van der Waals surface area contributed by atoms with E-state index >= 15 is 0 Å². The van der Waals surface area contributed by atoms with Gasteiger partial charge in [-0.15, -0.1) is 0 Å². The number of nitrogens with zero attached hydrogens (tertiary/aromatic N) is 2. The van der Waals surface area contributed by atoms with Gasteiger partial charge in [-0.3, -0.25) is 10.1 Å². The molecule has 3 aromatic rings. The molecular weight excluding hydrogens is 330 g/mol. The first-order chi connectivity index (χ1) is 12.7. The lowest BCUT2D eigenvalue weighted by Gasteiger charge is -2.12. The van der Waals surface area contributed by atoms with Gasteiger partial charge in [0, 0.05) is 6.54 Å². The number of fused-ring (bicyclic) bond motifs is 1. The molecule has 0 spiro atoms. The number of aromatic nitrogens is 2. The number of aryl methyl sites for hydroxylation is 1. The lowest BCUT2D eigenvalue weighted by atomic mass is 10.3. The van der Waals surface area contributed by atoms with E-state index in [-0.39, 0.29) is 12.5 Å². The zero-order valence-electron chi connectivity index (χ0n) is 15.1. The summed E-state index contributed by atoms with van der Waals surface area (Å²) in [5.74, 6) is 1.45. The fraction of sp³-hybridized carbons (Fsp3) is 0.300. The lowest BCUT2D eigenvalue weighted by molar-refractivity contribution is -0.118. The third-order valence-corrected chi connectivity index (χ3v) is 3.86. The van der Waals surface area contributed by atoms with E-state index in [4.69, 9.17) is 9.47 Å². The molecule has 6 nitrogen and oxygen atoms in total. The highest BCUT2D eigenvalue weighted by Crippen LogP contribution is 2.26. The smallest absolute Gasteiger partial charge is 0.264 e. The number of carbonyl (C=O) groups is 1. The highest BCUT2D eigenvalue weighted by molar-refractivity contribution is 5.92. The molecule has 0 aliphatic heterocycles. The van der Waals surface area contributed by atoms with Crippen LogP contribution in [0, 0.1) is 0 Å². The Hall–Kier alpha value is -3.02. The molecule has 0 bridgehead atoms. The fourth-order valence-corrected chi connectivity index (χ4v) is 2.77. The van der Waals surface area contributed by atoms with Gasteiger partial charge in [-0.2, -0.15) is 0 Å². The minimum absolute atomic E-state index is 0.112. The van der Waals surface area contributed by atoms with Gasteiger partial charge in [-0.25, -0.2) is 4.98 Å². The van der Waals surface area contributed by atoms with Crippen LogP contribution in [-0.4, -0.2) is 28.7 Å². The zero-order chi connectivity index (χ0) is 18.4. The maximum absolute atomic E-state index is 12.4. The number of para-hydroxylation sites is 4. The first-order valence-corrected chi connectivity index (χ1v) is 8.82. The summed E-state index contributed by atoms with van der Waals surface area (Å²) in [7, 11) is 0. The number of nitrogens with one attached hydrogen (secondary N) is 1. The van der Waals surface area contributed by atoms with Crippen molar-refractivity contribution in [3.63, 3.8) is 0 Å². The SMILES string of the molecule is CCCn1c(NC(=O)COc2ccccc2OCC)nc2ccccc21. The predicted molar refractivity (Wildman–Crippen MR) is 102 cm³/mol. The van der Waals surface area contributed by atoms with Crippen molar-refractivity contribution >= 4 is 22.9 Å². The van der Waals surface area contributed by atoms with E-state index in [0.717, 1.165) is 24.0 Å². The molecule has 1 amide bonds. The summed E-state index contributed by atoms with van der Waals surface area (Å²) in [5.41, 5.74) is 1.87. The van der Waals surface area contributed by atoms with Gasteiger partial charge < -0.3 is 14.0 Å². The van der Waals surface area contributed by atoms with Crippen LogP contribution in [0.1, 0.15) is 20.3 Å².